The van der Waals surface area contributed by atoms with Crippen molar-refractivity contribution >= 4 is 57.6 Å². The van der Waals surface area contributed by atoms with Crippen LogP contribution in [0.4, 0.5) is 0 Å². The minimum atomic E-state index is -0.575. The molecular formula is C44H32O8. The van der Waals surface area contributed by atoms with Crippen LogP contribution < -0.4 is 9.47 Å². The molecule has 256 valence electrons. The van der Waals surface area contributed by atoms with Crippen molar-refractivity contribution in [1.82, 2.24) is 0 Å². The fraction of sp³-hybridized carbons (Fsp3) is 0.0909. The minimum absolute atomic E-state index is 0.254. The van der Waals surface area contributed by atoms with Gasteiger partial charge in [-0.25, -0.2) is 19.2 Å². The maximum Gasteiger partial charge on any atom is 0.344 e. The van der Waals surface area contributed by atoms with Gasteiger partial charge in [0.25, 0.3) is 0 Å². The van der Waals surface area contributed by atoms with Crippen LogP contribution in [0.25, 0.3) is 56.0 Å². The van der Waals surface area contributed by atoms with Gasteiger partial charge in [-0.3, -0.25) is 0 Å². The molecule has 0 saturated carbocycles. The first kappa shape index (κ1) is 33.7. The molecule has 6 aromatic rings. The van der Waals surface area contributed by atoms with Crippen LogP contribution in [0.5, 0.6) is 11.5 Å². The molecule has 0 spiro atoms. The summed E-state index contributed by atoms with van der Waals surface area (Å²) in [6, 6.07) is 32.4. The highest BCUT2D eigenvalue weighted by Gasteiger charge is 2.25. The van der Waals surface area contributed by atoms with Gasteiger partial charge in [0.05, 0.1) is 24.3 Å². The predicted molar refractivity (Wildman–Crippen MR) is 200 cm³/mol. The van der Waals surface area contributed by atoms with E-state index in [1.54, 1.807) is 68.5 Å². The summed E-state index contributed by atoms with van der Waals surface area (Å²) < 4.78 is 22.6. The first-order valence-corrected chi connectivity index (χ1v) is 16.8. The Bertz CT molecular complexity index is 2470. The molecule has 52 heavy (non-hydrogen) atoms. The summed E-state index contributed by atoms with van der Waals surface area (Å²) in [6.45, 7) is 4.02. The minimum Gasteiger partial charge on any atom is -0.463 e. The van der Waals surface area contributed by atoms with Gasteiger partial charge in [0.2, 0.25) is 0 Å². The Kier molecular flexibility index (Phi) is 9.45. The summed E-state index contributed by atoms with van der Waals surface area (Å²) in [4.78, 5) is 52.1. The Hall–Kier alpha value is -6.80. The molecule has 0 amide bonds. The van der Waals surface area contributed by atoms with Gasteiger partial charge in [-0.1, -0.05) is 66.7 Å². The van der Waals surface area contributed by atoms with Crippen LogP contribution in [0.3, 0.4) is 0 Å². The van der Waals surface area contributed by atoms with E-state index < -0.39 is 23.9 Å². The van der Waals surface area contributed by atoms with Crippen LogP contribution in [0, 0.1) is 0 Å². The Morgan fingerprint density at radius 1 is 0.558 bits per heavy atom. The highest BCUT2D eigenvalue weighted by Crippen LogP contribution is 2.46. The number of rotatable bonds is 6. The van der Waals surface area contributed by atoms with Crippen LogP contribution in [0.15, 0.2) is 121 Å². The van der Waals surface area contributed by atoms with Gasteiger partial charge in [0.1, 0.15) is 11.5 Å². The SMILES string of the molecule is CCOC(=O)C=Cc1ccc2c3c(ccc2c1)OC(=O)c1cccc(c1)-c1ccccc1C(=O)Oc1ccc2cc(C=CC(=O)OCC)ccc2c1-3. The zero-order valence-electron chi connectivity index (χ0n) is 28.4. The molecule has 0 aromatic heterocycles. The zero-order valence-corrected chi connectivity index (χ0v) is 28.4. The highest BCUT2D eigenvalue weighted by atomic mass is 16.5. The Balaban J connectivity index is 1.49. The fourth-order valence-electron chi connectivity index (χ4n) is 6.30. The largest absolute Gasteiger partial charge is 0.463 e. The summed E-state index contributed by atoms with van der Waals surface area (Å²) in [7, 11) is 0. The van der Waals surface area contributed by atoms with E-state index in [-0.39, 0.29) is 24.7 Å². The van der Waals surface area contributed by atoms with Gasteiger partial charge >= 0.3 is 23.9 Å². The number of hydrogen-bond acceptors (Lipinski definition) is 8. The average Bonchev–Trinajstić information content (AvgIpc) is 3.16. The molecule has 0 saturated heterocycles. The van der Waals surface area contributed by atoms with Crippen LogP contribution in [0.2, 0.25) is 0 Å². The van der Waals surface area contributed by atoms with Crippen molar-refractivity contribution in [3.63, 3.8) is 0 Å². The standard InChI is InChI=1S/C44H32O8/c1-3-49-39(45)22-14-27-12-18-34-30(24-27)16-20-37-41(34)42-35-19-13-28(15-23-40(46)50-4-2)25-31(35)17-21-38(42)52-44(48)36-11-6-5-10-33(36)29-8-7-9-32(26-29)43(47)51-37/h5-26H,3-4H2,1-2H3. The zero-order chi connectivity index (χ0) is 36.2. The van der Waals surface area contributed by atoms with Crippen molar-refractivity contribution in [2.75, 3.05) is 13.2 Å². The molecule has 0 atom stereocenters. The molecule has 0 N–H and O–H groups in total. The lowest BCUT2D eigenvalue weighted by Gasteiger charge is -2.19. The van der Waals surface area contributed by atoms with Crippen molar-refractivity contribution in [3.05, 3.63) is 144 Å². The van der Waals surface area contributed by atoms with Crippen molar-refractivity contribution in [2.45, 2.75) is 13.8 Å². The predicted octanol–water partition coefficient (Wildman–Crippen LogP) is 9.23. The van der Waals surface area contributed by atoms with Gasteiger partial charge in [-0.05, 0) is 112 Å². The van der Waals surface area contributed by atoms with E-state index in [2.05, 4.69) is 0 Å². The molecule has 1 heterocycles. The van der Waals surface area contributed by atoms with Gasteiger partial charge < -0.3 is 18.9 Å². The van der Waals surface area contributed by atoms with Crippen molar-refractivity contribution in [1.29, 1.82) is 0 Å². The quantitative estimate of drug-likeness (QED) is 0.0969. The summed E-state index contributed by atoms with van der Waals surface area (Å²) in [5.74, 6) is -1.54. The molecule has 8 nitrogen and oxygen atoms in total. The summed E-state index contributed by atoms with van der Waals surface area (Å²) in [5.41, 5.74) is 4.45. The van der Waals surface area contributed by atoms with Gasteiger partial charge in [0, 0.05) is 23.3 Å². The normalized spacial score (nSPS) is 12.6. The van der Waals surface area contributed by atoms with E-state index in [1.807, 2.05) is 66.7 Å². The maximum absolute atomic E-state index is 14.1. The lowest BCUT2D eigenvalue weighted by molar-refractivity contribution is -0.138. The molecule has 8 heteroatoms. The van der Waals surface area contributed by atoms with E-state index in [0.717, 1.165) is 21.9 Å². The summed E-state index contributed by atoms with van der Waals surface area (Å²) >= 11 is 0. The molecule has 0 aliphatic carbocycles. The number of ether oxygens (including phenoxy) is 4. The molecule has 0 radical (unpaired) electrons. The van der Waals surface area contributed by atoms with Gasteiger partial charge in [0.15, 0.2) is 0 Å². The Labute approximate surface area is 299 Å². The van der Waals surface area contributed by atoms with Gasteiger partial charge in [-0.2, -0.15) is 0 Å². The van der Waals surface area contributed by atoms with E-state index >= 15 is 0 Å². The number of esters is 4. The summed E-state index contributed by atoms with van der Waals surface area (Å²) in [5, 5.41) is 2.97. The first-order chi connectivity index (χ1) is 25.3. The van der Waals surface area contributed by atoms with Crippen molar-refractivity contribution < 1.29 is 38.1 Å². The number of hydrogen-bond donors (Lipinski definition) is 0. The van der Waals surface area contributed by atoms with Crippen LogP contribution in [-0.2, 0) is 19.1 Å². The smallest absolute Gasteiger partial charge is 0.344 e. The second kappa shape index (κ2) is 14.6. The maximum atomic E-state index is 14.1. The molecule has 7 rings (SSSR count). The average molecular weight is 689 g/mol. The second-order valence-corrected chi connectivity index (χ2v) is 11.9. The second-order valence-electron chi connectivity index (χ2n) is 11.9. The third-order valence-corrected chi connectivity index (χ3v) is 8.62. The molecule has 1 aliphatic rings. The van der Waals surface area contributed by atoms with Crippen LogP contribution >= 0.6 is 0 Å². The van der Waals surface area contributed by atoms with E-state index in [4.69, 9.17) is 18.9 Å². The molecule has 1 aliphatic heterocycles. The third kappa shape index (κ3) is 6.82. The fourth-order valence-corrected chi connectivity index (χ4v) is 6.30. The van der Waals surface area contributed by atoms with Crippen LogP contribution in [0.1, 0.15) is 45.7 Å². The lowest BCUT2D eigenvalue weighted by atomic mass is 9.91. The Morgan fingerprint density at radius 3 is 1.63 bits per heavy atom. The monoisotopic (exact) mass is 688 g/mol. The molecular weight excluding hydrogens is 656 g/mol. The van der Waals surface area contributed by atoms with Crippen molar-refractivity contribution in [2.24, 2.45) is 0 Å². The molecule has 6 aromatic carbocycles. The summed E-state index contributed by atoms with van der Waals surface area (Å²) in [6.07, 6.45) is 6.07. The topological polar surface area (TPSA) is 105 Å². The highest BCUT2D eigenvalue weighted by molar-refractivity contribution is 6.12. The Morgan fingerprint density at radius 2 is 1.08 bits per heavy atom. The van der Waals surface area contributed by atoms with Crippen molar-refractivity contribution in [3.8, 4) is 33.8 Å². The number of carbonyl (C=O) groups excluding carboxylic acids is 4. The number of benzene rings is 6. The van der Waals surface area contributed by atoms with E-state index in [1.165, 1.54) is 12.2 Å². The number of carbonyl (C=O) groups is 4. The molecule has 2 bridgehead atoms. The lowest BCUT2D eigenvalue weighted by Crippen LogP contribution is -2.11. The van der Waals surface area contributed by atoms with E-state index in [9.17, 15) is 19.2 Å². The number of fused-ring (bicyclic) bond motifs is 11. The van der Waals surface area contributed by atoms with E-state index in [0.29, 0.717) is 44.2 Å². The molecule has 0 fully saturated rings. The molecule has 0 unspecified atom stereocenters. The third-order valence-electron chi connectivity index (χ3n) is 8.62. The van der Waals surface area contributed by atoms with Gasteiger partial charge in [-0.15, -0.1) is 0 Å². The first-order valence-electron chi connectivity index (χ1n) is 16.8. The van der Waals surface area contributed by atoms with Crippen LogP contribution in [-0.4, -0.2) is 37.1 Å².